The van der Waals surface area contributed by atoms with E-state index in [2.05, 4.69) is 23.8 Å². The first-order chi connectivity index (χ1) is 12.4. The number of nitrogens with zero attached hydrogens (tertiary/aromatic N) is 3. The second-order valence-electron chi connectivity index (χ2n) is 6.54. The quantitative estimate of drug-likeness (QED) is 0.606. The molecule has 0 unspecified atom stereocenters. The molecular weight excluding hydrogens is 334 g/mol. The normalized spacial score (nSPS) is 14.8. The molecule has 7 heteroatoms. The van der Waals surface area contributed by atoms with Crippen LogP contribution in [0.5, 0.6) is 0 Å². The molecule has 0 saturated carbocycles. The van der Waals surface area contributed by atoms with Crippen LogP contribution in [-0.4, -0.2) is 32.8 Å². The number of carbonyl (C=O) groups is 3. The van der Waals surface area contributed by atoms with Gasteiger partial charge in [-0.3, -0.25) is 9.59 Å². The molecule has 1 saturated heterocycles. The number of fused-ring (bicyclic) bond motifs is 1. The van der Waals surface area contributed by atoms with E-state index in [4.69, 9.17) is 4.84 Å². The topological polar surface area (TPSA) is 89.5 Å². The predicted molar refractivity (Wildman–Crippen MR) is 94.3 cm³/mol. The first-order valence-corrected chi connectivity index (χ1v) is 8.44. The summed E-state index contributed by atoms with van der Waals surface area (Å²) in [5.74, 6) is -1.29. The highest BCUT2D eigenvalue weighted by atomic mass is 16.7. The van der Waals surface area contributed by atoms with Crippen molar-refractivity contribution in [3.05, 3.63) is 41.7 Å². The molecular formula is C19H19N3O4. The molecule has 3 heterocycles. The van der Waals surface area contributed by atoms with Crippen LogP contribution in [0.2, 0.25) is 0 Å². The zero-order valence-electron chi connectivity index (χ0n) is 14.6. The summed E-state index contributed by atoms with van der Waals surface area (Å²) in [7, 11) is 0. The minimum atomic E-state index is -0.792. The Labute approximate surface area is 150 Å². The van der Waals surface area contributed by atoms with Crippen molar-refractivity contribution in [1.29, 1.82) is 0 Å². The van der Waals surface area contributed by atoms with Crippen molar-refractivity contribution in [3.8, 4) is 0 Å². The van der Waals surface area contributed by atoms with Gasteiger partial charge >= 0.3 is 5.97 Å². The van der Waals surface area contributed by atoms with Gasteiger partial charge in [-0.25, -0.2) is 14.8 Å². The zero-order chi connectivity index (χ0) is 18.7. The van der Waals surface area contributed by atoms with E-state index >= 15 is 0 Å². The van der Waals surface area contributed by atoms with Gasteiger partial charge in [0.05, 0.1) is 0 Å². The fourth-order valence-electron chi connectivity index (χ4n) is 2.63. The molecule has 0 N–H and O–H groups in total. The Hall–Kier alpha value is -3.09. The van der Waals surface area contributed by atoms with Crippen molar-refractivity contribution < 1.29 is 19.2 Å². The Bertz CT molecular complexity index is 889. The van der Waals surface area contributed by atoms with Crippen molar-refractivity contribution >= 4 is 34.9 Å². The highest BCUT2D eigenvalue weighted by Gasteiger charge is 2.32. The van der Waals surface area contributed by atoms with Gasteiger partial charge in [0.2, 0.25) is 0 Å². The minimum Gasteiger partial charge on any atom is -0.326 e. The SMILES string of the molecule is CC(C)Cc1ccc2cc(/C=C/C(=O)ON3C(=O)CCC3=O)cnc2n1. The number of aromatic nitrogens is 2. The smallest absolute Gasteiger partial charge is 0.326 e. The lowest BCUT2D eigenvalue weighted by atomic mass is 10.1. The van der Waals surface area contributed by atoms with E-state index in [1.165, 1.54) is 6.08 Å². The Morgan fingerprint density at radius 2 is 2.00 bits per heavy atom. The molecule has 0 bridgehead atoms. The molecule has 1 aliphatic rings. The molecule has 1 fully saturated rings. The number of hydroxylamine groups is 2. The van der Waals surface area contributed by atoms with Gasteiger partial charge < -0.3 is 4.84 Å². The van der Waals surface area contributed by atoms with Crippen LogP contribution < -0.4 is 0 Å². The van der Waals surface area contributed by atoms with Crippen LogP contribution in [0, 0.1) is 5.92 Å². The van der Waals surface area contributed by atoms with E-state index in [1.54, 1.807) is 6.20 Å². The molecule has 0 atom stereocenters. The molecule has 7 nitrogen and oxygen atoms in total. The third kappa shape index (κ3) is 4.11. The van der Waals surface area contributed by atoms with Gasteiger partial charge in [0.15, 0.2) is 5.65 Å². The Morgan fingerprint density at radius 3 is 2.69 bits per heavy atom. The number of rotatable bonds is 5. The molecule has 0 aliphatic carbocycles. The Kier molecular flexibility index (Phi) is 5.06. The van der Waals surface area contributed by atoms with E-state index in [-0.39, 0.29) is 12.8 Å². The summed E-state index contributed by atoms with van der Waals surface area (Å²) >= 11 is 0. The fourth-order valence-corrected chi connectivity index (χ4v) is 2.63. The van der Waals surface area contributed by atoms with Crippen LogP contribution >= 0.6 is 0 Å². The van der Waals surface area contributed by atoms with E-state index in [1.807, 2.05) is 18.2 Å². The van der Waals surface area contributed by atoms with Crippen LogP contribution in [0.15, 0.2) is 30.5 Å². The average molecular weight is 353 g/mol. The third-order valence-corrected chi connectivity index (χ3v) is 3.84. The lowest BCUT2D eigenvalue weighted by Gasteiger charge is -2.10. The summed E-state index contributed by atoms with van der Waals surface area (Å²) in [6.45, 7) is 4.27. The van der Waals surface area contributed by atoms with Gasteiger partial charge in [-0.2, -0.15) is 0 Å². The number of amides is 2. The largest absolute Gasteiger partial charge is 0.356 e. The maximum Gasteiger partial charge on any atom is 0.356 e. The summed E-state index contributed by atoms with van der Waals surface area (Å²) < 4.78 is 0. The first kappa shape index (κ1) is 17.7. The van der Waals surface area contributed by atoms with Gasteiger partial charge in [0.1, 0.15) is 0 Å². The van der Waals surface area contributed by atoms with Crippen molar-refractivity contribution in [2.24, 2.45) is 5.92 Å². The van der Waals surface area contributed by atoms with Crippen molar-refractivity contribution in [3.63, 3.8) is 0 Å². The lowest BCUT2D eigenvalue weighted by Crippen LogP contribution is -2.31. The minimum absolute atomic E-state index is 0.0657. The van der Waals surface area contributed by atoms with Crippen molar-refractivity contribution in [2.45, 2.75) is 33.1 Å². The van der Waals surface area contributed by atoms with Crippen LogP contribution in [0.4, 0.5) is 0 Å². The summed E-state index contributed by atoms with van der Waals surface area (Å²) in [6.07, 6.45) is 5.29. The molecule has 3 rings (SSSR count). The number of carbonyl (C=O) groups excluding carboxylic acids is 3. The molecule has 134 valence electrons. The van der Waals surface area contributed by atoms with Crippen molar-refractivity contribution in [2.75, 3.05) is 0 Å². The fraction of sp³-hybridized carbons (Fsp3) is 0.316. The molecule has 0 spiro atoms. The third-order valence-electron chi connectivity index (χ3n) is 3.84. The average Bonchev–Trinajstić information content (AvgIpc) is 2.91. The molecule has 0 radical (unpaired) electrons. The molecule has 2 aromatic heterocycles. The van der Waals surface area contributed by atoms with Gasteiger partial charge in [-0.15, -0.1) is 5.06 Å². The summed E-state index contributed by atoms with van der Waals surface area (Å²) in [5, 5.41) is 1.38. The number of hydrogen-bond acceptors (Lipinski definition) is 6. The molecule has 2 amide bonds. The number of imide groups is 1. The van der Waals surface area contributed by atoms with Gasteiger partial charge in [-0.05, 0) is 42.2 Å². The van der Waals surface area contributed by atoms with E-state index in [0.717, 1.165) is 23.6 Å². The molecule has 0 aromatic carbocycles. The van der Waals surface area contributed by atoms with Gasteiger partial charge in [0.25, 0.3) is 11.8 Å². The highest BCUT2D eigenvalue weighted by Crippen LogP contribution is 2.16. The van der Waals surface area contributed by atoms with E-state index in [0.29, 0.717) is 22.2 Å². The van der Waals surface area contributed by atoms with Crippen LogP contribution in [0.25, 0.3) is 17.1 Å². The molecule has 1 aliphatic heterocycles. The summed E-state index contributed by atoms with van der Waals surface area (Å²) in [4.78, 5) is 48.3. The number of pyridine rings is 2. The highest BCUT2D eigenvalue weighted by molar-refractivity contribution is 6.02. The Morgan fingerprint density at radius 1 is 1.27 bits per heavy atom. The second-order valence-corrected chi connectivity index (χ2v) is 6.54. The maximum absolute atomic E-state index is 11.8. The van der Waals surface area contributed by atoms with Gasteiger partial charge in [0, 0.05) is 36.2 Å². The van der Waals surface area contributed by atoms with Crippen LogP contribution in [-0.2, 0) is 25.6 Å². The van der Waals surface area contributed by atoms with Crippen molar-refractivity contribution in [1.82, 2.24) is 15.0 Å². The molecule has 26 heavy (non-hydrogen) atoms. The molecule has 2 aromatic rings. The van der Waals surface area contributed by atoms with E-state index in [9.17, 15) is 14.4 Å². The standard InChI is InChI=1S/C19H19N3O4/c1-12(2)9-15-5-4-14-10-13(11-20-19(14)21-15)3-8-18(25)26-22-16(23)6-7-17(22)24/h3-5,8,10-12H,6-7,9H2,1-2H3/b8-3+. The first-order valence-electron chi connectivity index (χ1n) is 8.44. The van der Waals surface area contributed by atoms with Crippen LogP contribution in [0.1, 0.15) is 37.9 Å². The summed E-state index contributed by atoms with van der Waals surface area (Å²) in [5.41, 5.74) is 2.33. The summed E-state index contributed by atoms with van der Waals surface area (Å²) in [6, 6.07) is 5.77. The maximum atomic E-state index is 11.8. The second kappa shape index (κ2) is 7.43. The monoisotopic (exact) mass is 353 g/mol. The predicted octanol–water partition coefficient (Wildman–Crippen LogP) is 2.45. The van der Waals surface area contributed by atoms with E-state index < -0.39 is 17.8 Å². The number of hydrogen-bond donors (Lipinski definition) is 0. The zero-order valence-corrected chi connectivity index (χ0v) is 14.6. The lowest BCUT2D eigenvalue weighted by molar-refractivity contribution is -0.193. The van der Waals surface area contributed by atoms with Gasteiger partial charge in [-0.1, -0.05) is 13.8 Å². The Balaban J connectivity index is 1.70. The van der Waals surface area contributed by atoms with Crippen LogP contribution in [0.3, 0.4) is 0 Å².